The maximum absolute atomic E-state index is 12.8. The molecule has 15 heavy (non-hydrogen) atoms. The third kappa shape index (κ3) is 5.35. The van der Waals surface area contributed by atoms with Gasteiger partial charge in [-0.25, -0.2) is 8.78 Å². The van der Waals surface area contributed by atoms with E-state index in [-0.39, 0.29) is 0 Å². The molecule has 88 valence electrons. The summed E-state index contributed by atoms with van der Waals surface area (Å²) >= 11 is 0. The Morgan fingerprint density at radius 3 is 1.80 bits per heavy atom. The standard InChI is InChI=1S/C8H9F2N.2C2H6/c1-5-3-6(9)4-7(10)8(5)11-2;2*1-2/h3-4,11H,1-2H3;2*1-2H3. The van der Waals surface area contributed by atoms with Crippen LogP contribution in [0.2, 0.25) is 0 Å². The van der Waals surface area contributed by atoms with E-state index in [1.807, 2.05) is 27.7 Å². The van der Waals surface area contributed by atoms with Crippen LogP contribution in [-0.4, -0.2) is 7.05 Å². The molecule has 1 nitrogen and oxygen atoms in total. The molecule has 0 aliphatic rings. The molecule has 0 bridgehead atoms. The van der Waals surface area contributed by atoms with Crippen molar-refractivity contribution in [1.82, 2.24) is 0 Å². The molecule has 0 aromatic heterocycles. The molecule has 1 aromatic carbocycles. The summed E-state index contributed by atoms with van der Waals surface area (Å²) < 4.78 is 25.3. The van der Waals surface area contributed by atoms with Crippen molar-refractivity contribution in [2.24, 2.45) is 0 Å². The van der Waals surface area contributed by atoms with Crippen LogP contribution in [0.4, 0.5) is 14.5 Å². The minimum atomic E-state index is -0.551. The van der Waals surface area contributed by atoms with E-state index in [2.05, 4.69) is 5.32 Å². The van der Waals surface area contributed by atoms with Crippen LogP contribution >= 0.6 is 0 Å². The number of anilines is 1. The maximum atomic E-state index is 12.8. The largest absolute Gasteiger partial charge is 0.386 e. The van der Waals surface area contributed by atoms with Gasteiger partial charge in [0.25, 0.3) is 0 Å². The van der Waals surface area contributed by atoms with Crippen molar-refractivity contribution < 1.29 is 8.78 Å². The molecule has 0 radical (unpaired) electrons. The summed E-state index contributed by atoms with van der Waals surface area (Å²) in [5.74, 6) is -1.09. The highest BCUT2D eigenvalue weighted by Gasteiger charge is 2.05. The maximum Gasteiger partial charge on any atom is 0.149 e. The van der Waals surface area contributed by atoms with Gasteiger partial charge in [0.2, 0.25) is 0 Å². The van der Waals surface area contributed by atoms with Gasteiger partial charge in [0, 0.05) is 13.1 Å². The molecule has 0 aliphatic heterocycles. The monoisotopic (exact) mass is 217 g/mol. The lowest BCUT2D eigenvalue weighted by atomic mass is 10.2. The predicted molar refractivity (Wildman–Crippen MR) is 63.3 cm³/mol. The summed E-state index contributed by atoms with van der Waals surface area (Å²) in [7, 11) is 1.60. The van der Waals surface area contributed by atoms with Crippen LogP contribution < -0.4 is 5.32 Å². The quantitative estimate of drug-likeness (QED) is 0.736. The molecule has 0 atom stereocenters. The Morgan fingerprint density at radius 2 is 1.47 bits per heavy atom. The molecule has 1 aromatic rings. The fourth-order valence-corrected chi connectivity index (χ4v) is 1.02. The lowest BCUT2D eigenvalue weighted by Gasteiger charge is -2.05. The fourth-order valence-electron chi connectivity index (χ4n) is 1.02. The summed E-state index contributed by atoms with van der Waals surface area (Å²) in [6.45, 7) is 9.65. The molecule has 1 rings (SSSR count). The van der Waals surface area contributed by atoms with Gasteiger partial charge in [-0.1, -0.05) is 27.7 Å². The molecular formula is C12H21F2N. The normalized spacial score (nSPS) is 8.00. The van der Waals surface area contributed by atoms with Crippen molar-refractivity contribution in [2.75, 3.05) is 12.4 Å². The van der Waals surface area contributed by atoms with Gasteiger partial charge in [-0.3, -0.25) is 0 Å². The summed E-state index contributed by atoms with van der Waals surface area (Å²) in [5.41, 5.74) is 0.927. The van der Waals surface area contributed by atoms with E-state index in [1.165, 1.54) is 6.07 Å². The van der Waals surface area contributed by atoms with Gasteiger partial charge in [0.15, 0.2) is 0 Å². The van der Waals surface area contributed by atoms with Gasteiger partial charge in [-0.05, 0) is 18.6 Å². The van der Waals surface area contributed by atoms with Gasteiger partial charge >= 0.3 is 0 Å². The number of aryl methyl sites for hydroxylation is 1. The molecule has 0 fully saturated rings. The summed E-state index contributed by atoms with van der Waals surface area (Å²) in [5, 5.41) is 2.65. The zero-order chi connectivity index (χ0) is 12.4. The van der Waals surface area contributed by atoms with E-state index in [0.29, 0.717) is 11.3 Å². The van der Waals surface area contributed by atoms with Crippen molar-refractivity contribution in [3.8, 4) is 0 Å². The molecule has 3 heteroatoms. The number of hydrogen-bond acceptors (Lipinski definition) is 1. The molecule has 0 spiro atoms. The third-order valence-corrected chi connectivity index (χ3v) is 1.50. The highest BCUT2D eigenvalue weighted by Crippen LogP contribution is 2.19. The Hall–Kier alpha value is -1.12. The average molecular weight is 217 g/mol. The van der Waals surface area contributed by atoms with E-state index in [9.17, 15) is 8.78 Å². The SMILES string of the molecule is CC.CC.CNc1c(C)cc(F)cc1F. The zero-order valence-corrected chi connectivity index (χ0v) is 10.4. The van der Waals surface area contributed by atoms with Gasteiger partial charge in [0.05, 0.1) is 5.69 Å². The molecule has 1 N–H and O–H groups in total. The van der Waals surface area contributed by atoms with Crippen LogP contribution in [0.1, 0.15) is 33.3 Å². The van der Waals surface area contributed by atoms with Crippen LogP contribution in [0.5, 0.6) is 0 Å². The van der Waals surface area contributed by atoms with E-state index in [4.69, 9.17) is 0 Å². The zero-order valence-electron chi connectivity index (χ0n) is 10.4. The second kappa shape index (κ2) is 9.44. The lowest BCUT2D eigenvalue weighted by molar-refractivity contribution is 0.584. The number of rotatable bonds is 1. The van der Waals surface area contributed by atoms with Gasteiger partial charge in [-0.15, -0.1) is 0 Å². The molecule has 0 amide bonds. The van der Waals surface area contributed by atoms with E-state index in [0.717, 1.165) is 6.07 Å². The number of nitrogens with one attached hydrogen (secondary N) is 1. The molecule has 0 saturated heterocycles. The first-order valence-electron chi connectivity index (χ1n) is 5.28. The second-order valence-corrected chi connectivity index (χ2v) is 2.33. The van der Waals surface area contributed by atoms with E-state index in [1.54, 1.807) is 14.0 Å². The molecule has 0 aliphatic carbocycles. The minimum Gasteiger partial charge on any atom is -0.386 e. The Kier molecular flexibility index (Phi) is 10.3. The number of benzene rings is 1. The van der Waals surface area contributed by atoms with Crippen LogP contribution in [0.25, 0.3) is 0 Å². The second-order valence-electron chi connectivity index (χ2n) is 2.33. The Morgan fingerprint density at radius 1 is 1.00 bits per heavy atom. The van der Waals surface area contributed by atoms with Gasteiger partial charge in [-0.2, -0.15) is 0 Å². The predicted octanol–water partition coefficient (Wildman–Crippen LogP) is 4.37. The van der Waals surface area contributed by atoms with Crippen LogP contribution in [0, 0.1) is 18.6 Å². The smallest absolute Gasteiger partial charge is 0.149 e. The number of hydrogen-bond donors (Lipinski definition) is 1. The van der Waals surface area contributed by atoms with Crippen molar-refractivity contribution in [3.63, 3.8) is 0 Å². The van der Waals surface area contributed by atoms with Gasteiger partial charge < -0.3 is 5.32 Å². The molecular weight excluding hydrogens is 196 g/mol. The van der Waals surface area contributed by atoms with Crippen LogP contribution in [-0.2, 0) is 0 Å². The van der Waals surface area contributed by atoms with Crippen molar-refractivity contribution in [3.05, 3.63) is 29.3 Å². The Balaban J connectivity index is 0. The first-order valence-corrected chi connectivity index (χ1v) is 5.28. The summed E-state index contributed by atoms with van der Waals surface area (Å²) in [6, 6.07) is 2.15. The van der Waals surface area contributed by atoms with E-state index < -0.39 is 11.6 Å². The van der Waals surface area contributed by atoms with Crippen LogP contribution in [0.15, 0.2) is 12.1 Å². The minimum absolute atomic E-state index is 0.353. The Bertz CT molecular complexity index is 249. The molecule has 0 heterocycles. The van der Waals surface area contributed by atoms with Crippen molar-refractivity contribution >= 4 is 5.69 Å². The van der Waals surface area contributed by atoms with Crippen molar-refractivity contribution in [1.29, 1.82) is 0 Å². The lowest BCUT2D eigenvalue weighted by Crippen LogP contribution is -1.96. The summed E-state index contributed by atoms with van der Waals surface area (Å²) in [6.07, 6.45) is 0. The average Bonchev–Trinajstić information content (AvgIpc) is 2.23. The Labute approximate surface area is 91.5 Å². The highest BCUT2D eigenvalue weighted by atomic mass is 19.1. The first-order chi connectivity index (χ1) is 7.15. The van der Waals surface area contributed by atoms with E-state index >= 15 is 0 Å². The van der Waals surface area contributed by atoms with Gasteiger partial charge in [0.1, 0.15) is 11.6 Å². The number of halogens is 2. The molecule has 0 unspecified atom stereocenters. The highest BCUT2D eigenvalue weighted by molar-refractivity contribution is 5.51. The van der Waals surface area contributed by atoms with Crippen molar-refractivity contribution in [2.45, 2.75) is 34.6 Å². The summed E-state index contributed by atoms with van der Waals surface area (Å²) in [4.78, 5) is 0. The molecule has 0 saturated carbocycles. The topological polar surface area (TPSA) is 12.0 Å². The third-order valence-electron chi connectivity index (χ3n) is 1.50. The van der Waals surface area contributed by atoms with Crippen LogP contribution in [0.3, 0.4) is 0 Å². The fraction of sp³-hybridized carbons (Fsp3) is 0.500. The first kappa shape index (κ1) is 16.3.